The molecule has 0 unspecified atom stereocenters. The van der Waals surface area contributed by atoms with E-state index in [0.717, 1.165) is 12.5 Å². The molecule has 3 rings (SSSR count). The van der Waals surface area contributed by atoms with Crippen molar-refractivity contribution in [1.82, 2.24) is 9.80 Å². The molecule has 2 aliphatic rings. The van der Waals surface area contributed by atoms with Gasteiger partial charge in [0, 0.05) is 19.6 Å². The Morgan fingerprint density at radius 3 is 2.38 bits per heavy atom. The van der Waals surface area contributed by atoms with Crippen molar-refractivity contribution in [1.29, 1.82) is 0 Å². The molecule has 2 fully saturated rings. The Hall–Kier alpha value is -0.900. The number of benzene rings is 1. The molecule has 0 spiro atoms. The normalized spacial score (nSPS) is 22.0. The molecule has 2 N–H and O–H groups in total. The third kappa shape index (κ3) is 4.29. The molecule has 0 bridgehead atoms. The van der Waals surface area contributed by atoms with Crippen LogP contribution in [-0.4, -0.2) is 42.5 Å². The lowest BCUT2D eigenvalue weighted by Gasteiger charge is -2.34. The quantitative estimate of drug-likeness (QED) is 0.903. The third-order valence-corrected chi connectivity index (χ3v) is 5.06. The van der Waals surface area contributed by atoms with Gasteiger partial charge in [0.2, 0.25) is 0 Å². The molecule has 0 atom stereocenters. The average molecular weight is 287 g/mol. The zero-order valence-corrected chi connectivity index (χ0v) is 13.1. The summed E-state index contributed by atoms with van der Waals surface area (Å²) in [5.74, 6) is 0.926. The molecule has 0 saturated carbocycles. The summed E-state index contributed by atoms with van der Waals surface area (Å²) >= 11 is 0. The van der Waals surface area contributed by atoms with Crippen molar-refractivity contribution in [3.63, 3.8) is 0 Å². The van der Waals surface area contributed by atoms with Crippen LogP contribution in [0.1, 0.15) is 36.8 Å². The standard InChI is InChI=1S/C18H29N3/c19-13-17-4-3-5-18(12-17)15-21-10-6-16(7-11-21)14-20-8-1-2-9-20/h3-5,12,16H,1-2,6-11,13-15,19H2. The van der Waals surface area contributed by atoms with E-state index in [0.29, 0.717) is 6.54 Å². The highest BCUT2D eigenvalue weighted by Crippen LogP contribution is 2.22. The van der Waals surface area contributed by atoms with Gasteiger partial charge in [0.05, 0.1) is 0 Å². The predicted molar refractivity (Wildman–Crippen MR) is 88.0 cm³/mol. The van der Waals surface area contributed by atoms with Crippen LogP contribution in [0, 0.1) is 5.92 Å². The SMILES string of the molecule is NCc1cccc(CN2CCC(CN3CCCC3)CC2)c1. The Morgan fingerprint density at radius 2 is 1.67 bits per heavy atom. The van der Waals surface area contributed by atoms with Crippen LogP contribution in [0.25, 0.3) is 0 Å². The second kappa shape index (κ2) is 7.39. The number of hydrogen-bond donors (Lipinski definition) is 1. The summed E-state index contributed by atoms with van der Waals surface area (Å²) in [5.41, 5.74) is 8.39. The largest absolute Gasteiger partial charge is 0.326 e. The van der Waals surface area contributed by atoms with Gasteiger partial charge in [-0.25, -0.2) is 0 Å². The summed E-state index contributed by atoms with van der Waals surface area (Å²) < 4.78 is 0. The van der Waals surface area contributed by atoms with Crippen molar-refractivity contribution in [2.45, 2.75) is 38.8 Å². The first-order chi connectivity index (χ1) is 10.3. The van der Waals surface area contributed by atoms with Gasteiger partial charge in [0.25, 0.3) is 0 Å². The van der Waals surface area contributed by atoms with Crippen LogP contribution in [0.4, 0.5) is 0 Å². The van der Waals surface area contributed by atoms with E-state index in [9.17, 15) is 0 Å². The molecule has 0 aromatic heterocycles. The molecule has 3 heteroatoms. The minimum atomic E-state index is 0.645. The summed E-state index contributed by atoms with van der Waals surface area (Å²) in [5, 5.41) is 0. The Kier molecular flexibility index (Phi) is 5.28. The van der Waals surface area contributed by atoms with Crippen molar-refractivity contribution in [3.8, 4) is 0 Å². The number of nitrogens with two attached hydrogens (primary N) is 1. The first-order valence-electron chi connectivity index (χ1n) is 8.56. The van der Waals surface area contributed by atoms with Crippen LogP contribution < -0.4 is 5.73 Å². The zero-order chi connectivity index (χ0) is 14.5. The summed E-state index contributed by atoms with van der Waals surface area (Å²) in [4.78, 5) is 5.28. The average Bonchev–Trinajstić information content (AvgIpc) is 3.02. The summed E-state index contributed by atoms with van der Waals surface area (Å²) in [6, 6.07) is 8.75. The van der Waals surface area contributed by atoms with E-state index in [4.69, 9.17) is 5.73 Å². The molecule has 2 aliphatic heterocycles. The van der Waals surface area contributed by atoms with Gasteiger partial charge in [-0.15, -0.1) is 0 Å². The summed E-state index contributed by atoms with van der Waals surface area (Å²) in [6.07, 6.45) is 5.56. The third-order valence-electron chi connectivity index (χ3n) is 5.06. The maximum Gasteiger partial charge on any atom is 0.0233 e. The van der Waals surface area contributed by atoms with Crippen molar-refractivity contribution in [3.05, 3.63) is 35.4 Å². The van der Waals surface area contributed by atoms with E-state index in [-0.39, 0.29) is 0 Å². The molecule has 116 valence electrons. The predicted octanol–water partition coefficient (Wildman–Crippen LogP) is 2.45. The van der Waals surface area contributed by atoms with Gasteiger partial charge < -0.3 is 10.6 Å². The Balaban J connectivity index is 1.44. The molecule has 0 radical (unpaired) electrons. The molecular formula is C18H29N3. The molecule has 21 heavy (non-hydrogen) atoms. The van der Waals surface area contributed by atoms with E-state index in [2.05, 4.69) is 34.1 Å². The lowest BCUT2D eigenvalue weighted by Crippen LogP contribution is -2.37. The van der Waals surface area contributed by atoms with Crippen LogP contribution >= 0.6 is 0 Å². The molecule has 2 heterocycles. The summed E-state index contributed by atoms with van der Waals surface area (Å²) in [7, 11) is 0. The van der Waals surface area contributed by atoms with Crippen LogP contribution in [0.5, 0.6) is 0 Å². The zero-order valence-electron chi connectivity index (χ0n) is 13.1. The van der Waals surface area contributed by atoms with Gasteiger partial charge in [-0.2, -0.15) is 0 Å². The molecule has 1 aromatic carbocycles. The van der Waals surface area contributed by atoms with Gasteiger partial charge >= 0.3 is 0 Å². The monoisotopic (exact) mass is 287 g/mol. The highest BCUT2D eigenvalue weighted by atomic mass is 15.2. The number of rotatable bonds is 5. The number of piperidine rings is 1. The fourth-order valence-electron chi connectivity index (χ4n) is 3.77. The van der Waals surface area contributed by atoms with Gasteiger partial charge in [0.1, 0.15) is 0 Å². The Labute approximate surface area is 129 Å². The molecule has 1 aromatic rings. The van der Waals surface area contributed by atoms with Gasteiger partial charge in [-0.05, 0) is 68.9 Å². The lowest BCUT2D eigenvalue weighted by molar-refractivity contribution is 0.149. The first kappa shape index (κ1) is 15.0. The van der Waals surface area contributed by atoms with E-state index in [1.54, 1.807) is 0 Å². The minimum absolute atomic E-state index is 0.645. The van der Waals surface area contributed by atoms with Gasteiger partial charge in [-0.3, -0.25) is 4.90 Å². The molecule has 0 amide bonds. The van der Waals surface area contributed by atoms with Crippen molar-refractivity contribution < 1.29 is 0 Å². The fourth-order valence-corrected chi connectivity index (χ4v) is 3.77. The van der Waals surface area contributed by atoms with E-state index in [1.807, 2.05) is 0 Å². The maximum absolute atomic E-state index is 5.73. The molecule has 0 aliphatic carbocycles. The number of likely N-dealkylation sites (tertiary alicyclic amines) is 2. The van der Waals surface area contributed by atoms with Crippen molar-refractivity contribution in [2.75, 3.05) is 32.7 Å². The smallest absolute Gasteiger partial charge is 0.0233 e. The second-order valence-corrected chi connectivity index (χ2v) is 6.75. The van der Waals surface area contributed by atoms with E-state index >= 15 is 0 Å². The molecular weight excluding hydrogens is 258 g/mol. The fraction of sp³-hybridized carbons (Fsp3) is 0.667. The number of hydrogen-bond acceptors (Lipinski definition) is 3. The minimum Gasteiger partial charge on any atom is -0.326 e. The molecule has 2 saturated heterocycles. The Morgan fingerprint density at radius 1 is 0.952 bits per heavy atom. The highest BCUT2D eigenvalue weighted by molar-refractivity contribution is 5.23. The van der Waals surface area contributed by atoms with Gasteiger partial charge in [0.15, 0.2) is 0 Å². The van der Waals surface area contributed by atoms with Crippen LogP contribution in [0.15, 0.2) is 24.3 Å². The molecule has 3 nitrogen and oxygen atoms in total. The van der Waals surface area contributed by atoms with Crippen LogP contribution in [0.3, 0.4) is 0 Å². The second-order valence-electron chi connectivity index (χ2n) is 6.75. The van der Waals surface area contributed by atoms with E-state index < -0.39 is 0 Å². The van der Waals surface area contributed by atoms with Crippen molar-refractivity contribution in [2.24, 2.45) is 11.7 Å². The summed E-state index contributed by atoms with van der Waals surface area (Å²) in [6.45, 7) is 8.27. The highest BCUT2D eigenvalue weighted by Gasteiger charge is 2.22. The van der Waals surface area contributed by atoms with E-state index in [1.165, 1.54) is 69.5 Å². The van der Waals surface area contributed by atoms with Gasteiger partial charge in [-0.1, -0.05) is 24.3 Å². The van der Waals surface area contributed by atoms with Crippen molar-refractivity contribution >= 4 is 0 Å². The number of nitrogens with zero attached hydrogens (tertiary/aromatic N) is 2. The maximum atomic E-state index is 5.73. The first-order valence-corrected chi connectivity index (χ1v) is 8.56. The lowest BCUT2D eigenvalue weighted by atomic mass is 9.96. The van der Waals surface area contributed by atoms with Crippen LogP contribution in [0.2, 0.25) is 0 Å². The van der Waals surface area contributed by atoms with Crippen LogP contribution in [-0.2, 0) is 13.1 Å². The topological polar surface area (TPSA) is 32.5 Å². The Bertz CT molecular complexity index is 432.